The molecule has 6 saturated carbocycles. The molecule has 0 aromatic rings. The lowest BCUT2D eigenvalue weighted by atomic mass is 9.45. The van der Waals surface area contributed by atoms with Gasteiger partial charge in [-0.05, 0) is 116 Å². The highest BCUT2D eigenvalue weighted by Crippen LogP contribution is 2.69. The van der Waals surface area contributed by atoms with Crippen LogP contribution in [-0.2, 0) is 71.5 Å². The van der Waals surface area contributed by atoms with Crippen LogP contribution in [0.1, 0.15) is 118 Å². The number of hydrogen-bond donors (Lipinski definition) is 18. The van der Waals surface area contributed by atoms with Crippen LogP contribution >= 0.6 is 0 Å². The molecule has 0 aromatic carbocycles. The third kappa shape index (κ3) is 11.3. The maximum atomic E-state index is 15.0. The molecule has 4 heterocycles. The molecule has 552 valence electrons. The zero-order valence-corrected chi connectivity index (χ0v) is 54.6. The summed E-state index contributed by atoms with van der Waals surface area (Å²) in [6, 6.07) is 0. The SMILES string of the molecule is C[C@]12CC(=O)[C@H]3[C@@H](CC=C4C[C@H](OC5O[C@H](C(=O)O)[C@@H](O)[C@H](O)[C@H]5OC5([C@]6(O)CC[C@@]7(C)C(=CCC8C7C(=O)C[C@@]7(C)C8CC[C@@H]7C(=O)C(O)C7(O)O[C@H](C(=O)O)[C@@H](O)[C@H](O)[C@H]7O)C6)O[C@H](C(=O)O)[C@@H](O)[C@H](O)[C@H]5O)CC[C@@]43C)[C@@H]1CC[C@@H]2C(=O)COC1O[C@H](C(=O)O)[C@@H](O)[C@H](O)[C@H]1O. The minimum atomic E-state index is -3.42. The average Bonchev–Trinajstić information content (AvgIpc) is 1.66. The first kappa shape index (κ1) is 73.9. The number of ketones is 4. The zero-order chi connectivity index (χ0) is 72.4. The van der Waals surface area contributed by atoms with Crippen molar-refractivity contribution in [3.05, 3.63) is 23.3 Å². The fourth-order valence-electron chi connectivity index (χ4n) is 20.9. The molecule has 0 amide bonds. The molecule has 4 aliphatic heterocycles. The lowest BCUT2D eigenvalue weighted by Crippen LogP contribution is -2.78. The second-order valence-corrected chi connectivity index (χ2v) is 31.2. The molecule has 12 aliphatic rings. The van der Waals surface area contributed by atoms with Crippen LogP contribution < -0.4 is 0 Å². The Morgan fingerprint density at radius 1 is 0.535 bits per heavy atom. The summed E-state index contributed by atoms with van der Waals surface area (Å²) in [5, 5.41) is 198. The maximum absolute atomic E-state index is 15.0. The van der Waals surface area contributed by atoms with Crippen LogP contribution in [0, 0.1) is 69.0 Å². The smallest absolute Gasteiger partial charge is 0.335 e. The van der Waals surface area contributed by atoms with Gasteiger partial charge in [0.25, 0.3) is 0 Å². The Bertz CT molecular complexity index is 3320. The number of aliphatic hydroxyl groups is 14. The molecular formula is C66H90O33. The van der Waals surface area contributed by atoms with Gasteiger partial charge < -0.3 is 125 Å². The van der Waals surface area contributed by atoms with Crippen molar-refractivity contribution in [3.63, 3.8) is 0 Å². The fourth-order valence-corrected chi connectivity index (χ4v) is 20.9. The van der Waals surface area contributed by atoms with Crippen LogP contribution in [0.25, 0.3) is 0 Å². The van der Waals surface area contributed by atoms with Gasteiger partial charge in [0, 0.05) is 42.9 Å². The lowest BCUT2D eigenvalue weighted by molar-refractivity contribution is -0.445. The number of rotatable bonds is 16. The Hall–Kier alpha value is -4.80. The number of ether oxygens (including phenoxy) is 7. The first-order chi connectivity index (χ1) is 46.2. The van der Waals surface area contributed by atoms with Crippen LogP contribution in [0.3, 0.4) is 0 Å². The molecule has 12 rings (SSSR count). The molecular weight excluding hydrogens is 1320 g/mol. The number of aliphatic carboxylic acids is 4. The first-order valence-corrected chi connectivity index (χ1v) is 33.8. The molecule has 33 nitrogen and oxygen atoms in total. The van der Waals surface area contributed by atoms with E-state index in [2.05, 4.69) is 0 Å². The lowest BCUT2D eigenvalue weighted by Gasteiger charge is -2.62. The van der Waals surface area contributed by atoms with Crippen LogP contribution in [-0.4, -0.2) is 285 Å². The van der Waals surface area contributed by atoms with E-state index < -0.39 is 257 Å². The van der Waals surface area contributed by atoms with E-state index in [1.54, 1.807) is 19.9 Å². The van der Waals surface area contributed by atoms with E-state index in [9.17, 15) is 125 Å². The number of aliphatic hydroxyl groups excluding tert-OH is 12. The predicted molar refractivity (Wildman–Crippen MR) is 319 cm³/mol. The third-order valence-electron chi connectivity index (χ3n) is 26.2. The highest BCUT2D eigenvalue weighted by atomic mass is 16.8. The van der Waals surface area contributed by atoms with Gasteiger partial charge in [-0.1, -0.05) is 51.0 Å². The Kier molecular flexibility index (Phi) is 19.3. The number of carboxylic acid groups (broad SMARTS) is 4. The third-order valence-corrected chi connectivity index (χ3v) is 26.2. The standard InChI is InChI=1S/C66H90O33/c1-60-14-13-24(17-22(60)5-7-25-27-9-11-29(62(27,3)19-31(67)34(25)60)33(69)21-93-58-45(79)37(71)38(72)46(95-58)54(83)84)94-59-50(40(74)39(73)47(96-59)55(85)86)99-66(53(82)44(78)42(76)49(98-66)57(89)90)64(91)16-15-61(2)23(18-64)6-8-26-28-10-12-30(63(28,4)20-32(68)35(26)61)36(70)51(80)65(92)52(81)43(77)41(75)48(97-65)56(87)88/h5-6,24-30,34-35,37-53,58-59,71-82,91-92H,7-21H2,1-4H3,(H,83,84)(H,85,86)(H,87,88)(H,89,90)/t24-,25+,26?,27+,28?,29-,30-,34-,35?,37+,38+,39+,40+,41+,42+,43+,44+,45-,46+,47+,48+,49+,50-,51?,52-,53-,58?,59?,60+,61+,62+,63+,64+,65?,66?/m1/s1. The van der Waals surface area contributed by atoms with E-state index in [4.69, 9.17) is 33.2 Å². The van der Waals surface area contributed by atoms with Crippen molar-refractivity contribution in [3.8, 4) is 0 Å². The molecule has 10 fully saturated rings. The van der Waals surface area contributed by atoms with Gasteiger partial charge in [-0.25, -0.2) is 19.2 Å². The van der Waals surface area contributed by atoms with Crippen LogP contribution in [0.4, 0.5) is 0 Å². The summed E-state index contributed by atoms with van der Waals surface area (Å²) in [6.45, 7) is 6.51. The number of Topliss-reactive ketones (excluding diaryl/α,β-unsaturated/α-hetero) is 4. The molecule has 35 atom stereocenters. The van der Waals surface area contributed by atoms with Crippen molar-refractivity contribution >= 4 is 47.0 Å². The highest BCUT2D eigenvalue weighted by Gasteiger charge is 2.73. The Morgan fingerprint density at radius 2 is 1.02 bits per heavy atom. The minimum absolute atomic E-state index is 0.0123. The Balaban J connectivity index is 0.786. The number of hydrogen-bond acceptors (Lipinski definition) is 29. The van der Waals surface area contributed by atoms with Crippen molar-refractivity contribution in [1.29, 1.82) is 0 Å². The molecule has 99 heavy (non-hydrogen) atoms. The van der Waals surface area contributed by atoms with Crippen molar-refractivity contribution in [2.24, 2.45) is 69.0 Å². The summed E-state index contributed by atoms with van der Waals surface area (Å²) in [6.07, 6.45) is -40.3. The molecule has 0 spiro atoms. The molecule has 33 heteroatoms. The van der Waals surface area contributed by atoms with E-state index in [1.807, 2.05) is 19.9 Å². The molecule has 4 saturated heterocycles. The summed E-state index contributed by atoms with van der Waals surface area (Å²) in [4.78, 5) is 108. The average molecular weight is 1410 g/mol. The van der Waals surface area contributed by atoms with E-state index in [0.717, 1.165) is 5.57 Å². The largest absolute Gasteiger partial charge is 0.479 e. The second kappa shape index (κ2) is 25.8. The summed E-state index contributed by atoms with van der Waals surface area (Å²) >= 11 is 0. The van der Waals surface area contributed by atoms with Gasteiger partial charge in [0.1, 0.15) is 97.0 Å². The van der Waals surface area contributed by atoms with E-state index >= 15 is 4.79 Å². The predicted octanol–water partition coefficient (Wildman–Crippen LogP) is -4.54. The first-order valence-electron chi connectivity index (χ1n) is 33.8. The summed E-state index contributed by atoms with van der Waals surface area (Å²) in [7, 11) is 0. The molecule has 8 aliphatic carbocycles. The number of carboxylic acids is 4. The quantitative estimate of drug-likeness (QED) is 0.0647. The van der Waals surface area contributed by atoms with Crippen LogP contribution in [0.2, 0.25) is 0 Å². The van der Waals surface area contributed by atoms with Gasteiger partial charge in [-0.15, -0.1) is 0 Å². The van der Waals surface area contributed by atoms with Crippen LogP contribution in [0.15, 0.2) is 23.3 Å². The van der Waals surface area contributed by atoms with Gasteiger partial charge in [0.05, 0.1) is 6.10 Å². The van der Waals surface area contributed by atoms with E-state index in [0.29, 0.717) is 24.8 Å². The fraction of sp³-hybridized carbons (Fsp3) is 0.818. The summed E-state index contributed by atoms with van der Waals surface area (Å²) in [5.41, 5.74) is -5.78. The van der Waals surface area contributed by atoms with Gasteiger partial charge >= 0.3 is 23.9 Å². The summed E-state index contributed by atoms with van der Waals surface area (Å²) < 4.78 is 40.9. The zero-order valence-electron chi connectivity index (χ0n) is 54.6. The number of allylic oxidation sites excluding steroid dienone is 2. The van der Waals surface area contributed by atoms with Gasteiger partial charge in [-0.2, -0.15) is 0 Å². The molecule has 0 bridgehead atoms. The van der Waals surface area contributed by atoms with Crippen molar-refractivity contribution in [1.82, 2.24) is 0 Å². The summed E-state index contributed by atoms with van der Waals surface area (Å²) in [5.74, 6) is -20.9. The number of fused-ring (bicyclic) bond motifs is 10. The minimum Gasteiger partial charge on any atom is -0.479 e. The van der Waals surface area contributed by atoms with Gasteiger partial charge in [0.15, 0.2) is 54.7 Å². The molecule has 18 N–H and O–H groups in total. The maximum Gasteiger partial charge on any atom is 0.335 e. The van der Waals surface area contributed by atoms with E-state index in [-0.39, 0.29) is 75.4 Å². The van der Waals surface area contributed by atoms with Crippen LogP contribution in [0.5, 0.6) is 0 Å². The Labute approximate surface area is 564 Å². The highest BCUT2D eigenvalue weighted by molar-refractivity contribution is 5.91. The number of carbonyl (C=O) groups is 8. The normalized spacial score (nSPS) is 52.1. The van der Waals surface area contributed by atoms with Crippen molar-refractivity contribution < 1.29 is 163 Å². The molecule has 0 radical (unpaired) electrons. The van der Waals surface area contributed by atoms with E-state index in [1.165, 1.54) is 0 Å². The topological polar surface area (TPSA) is 565 Å². The molecule has 8 unspecified atom stereocenters. The second-order valence-electron chi connectivity index (χ2n) is 31.2. The van der Waals surface area contributed by atoms with Crippen molar-refractivity contribution in [2.45, 2.75) is 257 Å². The van der Waals surface area contributed by atoms with Gasteiger partial charge in [-0.3, -0.25) is 19.2 Å². The van der Waals surface area contributed by atoms with Gasteiger partial charge in [0.2, 0.25) is 11.6 Å². The monoisotopic (exact) mass is 1410 g/mol. The van der Waals surface area contributed by atoms with Crippen molar-refractivity contribution in [2.75, 3.05) is 6.61 Å². The number of carbonyl (C=O) groups excluding carboxylic acids is 4. The Morgan fingerprint density at radius 3 is 1.59 bits per heavy atom. The molecule has 0 aromatic heterocycles.